The summed E-state index contributed by atoms with van der Waals surface area (Å²) in [5.41, 5.74) is 0.209. The Balaban J connectivity index is 2.23. The average molecular weight is 513 g/mol. The molecule has 1 unspecified atom stereocenters. The number of methoxy groups -OCH3 is 1. The summed E-state index contributed by atoms with van der Waals surface area (Å²) in [4.78, 5) is 24.1. The molecule has 30 heavy (non-hydrogen) atoms. The Hall–Kier alpha value is -1.60. The summed E-state index contributed by atoms with van der Waals surface area (Å²) in [5, 5.41) is 10.9. The lowest BCUT2D eigenvalue weighted by atomic mass is 10.2. The number of rotatable bonds is 9. The lowest BCUT2D eigenvalue weighted by Gasteiger charge is -2.30. The molecule has 1 aromatic heterocycles. The van der Waals surface area contributed by atoms with Gasteiger partial charge in [-0.3, -0.25) is 19.2 Å². The second-order valence-electron chi connectivity index (χ2n) is 5.81. The van der Waals surface area contributed by atoms with Crippen LogP contribution in [0.2, 0.25) is 10.0 Å². The number of amides is 1. The zero-order valence-corrected chi connectivity index (χ0v) is 20.0. The van der Waals surface area contributed by atoms with Gasteiger partial charge in [-0.2, -0.15) is 0 Å². The quantitative estimate of drug-likeness (QED) is 0.308. The van der Waals surface area contributed by atoms with Gasteiger partial charge in [0.25, 0.3) is 0 Å². The molecule has 0 saturated carbocycles. The van der Waals surface area contributed by atoms with Gasteiger partial charge in [0.15, 0.2) is 4.34 Å². The van der Waals surface area contributed by atoms with Crippen molar-refractivity contribution in [3.8, 4) is 0 Å². The highest BCUT2D eigenvalue weighted by molar-refractivity contribution is 8.01. The van der Waals surface area contributed by atoms with Gasteiger partial charge in [-0.1, -0.05) is 53.2 Å². The molecule has 0 spiro atoms. The van der Waals surface area contributed by atoms with Crippen molar-refractivity contribution < 1.29 is 22.7 Å². The van der Waals surface area contributed by atoms with Crippen LogP contribution in [-0.2, 0) is 24.3 Å². The lowest BCUT2D eigenvalue weighted by Crippen LogP contribution is -2.47. The van der Waals surface area contributed by atoms with Crippen LogP contribution >= 0.6 is 46.3 Å². The Morgan fingerprint density at radius 1 is 1.30 bits per heavy atom. The average Bonchev–Trinajstić information content (AvgIpc) is 3.12. The normalized spacial score (nSPS) is 12.3. The van der Waals surface area contributed by atoms with Gasteiger partial charge in [-0.05, 0) is 24.6 Å². The van der Waals surface area contributed by atoms with E-state index in [1.54, 1.807) is 6.92 Å². The van der Waals surface area contributed by atoms with Crippen molar-refractivity contribution >= 4 is 79.0 Å². The van der Waals surface area contributed by atoms with Gasteiger partial charge in [-0.15, -0.1) is 10.2 Å². The molecule has 0 saturated heterocycles. The third-order valence-electron chi connectivity index (χ3n) is 3.67. The summed E-state index contributed by atoms with van der Waals surface area (Å²) in [7, 11) is -2.55. The number of nitrogens with zero attached hydrogens (tertiary/aromatic N) is 3. The summed E-state index contributed by atoms with van der Waals surface area (Å²) in [6.07, 6.45) is 1.18. The monoisotopic (exact) mass is 512 g/mol. The van der Waals surface area contributed by atoms with Crippen molar-refractivity contribution in [2.75, 3.05) is 28.7 Å². The number of carbonyl (C=O) groups excluding carboxylic acids is 2. The predicted molar refractivity (Wildman–Crippen MR) is 119 cm³/mol. The summed E-state index contributed by atoms with van der Waals surface area (Å²) in [6.45, 7) is 1.68. The van der Waals surface area contributed by atoms with Gasteiger partial charge in [0, 0.05) is 0 Å². The molecule has 1 aromatic carbocycles. The van der Waals surface area contributed by atoms with Crippen LogP contribution in [0.5, 0.6) is 0 Å². The van der Waals surface area contributed by atoms with E-state index in [-0.39, 0.29) is 33.0 Å². The second-order valence-corrected chi connectivity index (χ2v) is 10.7. The van der Waals surface area contributed by atoms with Crippen LogP contribution in [0.1, 0.15) is 13.3 Å². The van der Waals surface area contributed by atoms with E-state index in [4.69, 9.17) is 23.2 Å². The van der Waals surface area contributed by atoms with E-state index in [1.165, 1.54) is 25.3 Å². The van der Waals surface area contributed by atoms with Crippen molar-refractivity contribution in [1.29, 1.82) is 0 Å². The number of ether oxygens (including phenoxy) is 1. The molecule has 1 atom stereocenters. The van der Waals surface area contributed by atoms with Crippen molar-refractivity contribution in [2.45, 2.75) is 23.7 Å². The number of hydrogen-bond acceptors (Lipinski definition) is 9. The van der Waals surface area contributed by atoms with Crippen molar-refractivity contribution in [1.82, 2.24) is 10.2 Å². The summed E-state index contributed by atoms with van der Waals surface area (Å²) in [5.74, 6) is -0.956. The molecule has 1 heterocycles. The molecule has 1 N–H and O–H groups in total. The van der Waals surface area contributed by atoms with Crippen LogP contribution in [0.15, 0.2) is 22.5 Å². The molecule has 0 aliphatic carbocycles. The molecule has 2 rings (SSSR count). The molecule has 1 amide bonds. The van der Waals surface area contributed by atoms with Crippen LogP contribution in [-0.4, -0.2) is 55.7 Å². The molecule has 164 valence electrons. The van der Waals surface area contributed by atoms with Crippen LogP contribution in [0.3, 0.4) is 0 Å². The molecule has 2 aromatic rings. The largest absolute Gasteiger partial charge is 0.468 e. The van der Waals surface area contributed by atoms with Gasteiger partial charge in [0.1, 0.15) is 6.04 Å². The van der Waals surface area contributed by atoms with Crippen LogP contribution in [0, 0.1) is 0 Å². The Bertz CT molecular complexity index is 1030. The fourth-order valence-electron chi connectivity index (χ4n) is 2.37. The minimum atomic E-state index is -3.83. The number of nitrogens with one attached hydrogen (secondary N) is 1. The molecule has 0 aliphatic heterocycles. The first-order valence-electron chi connectivity index (χ1n) is 8.35. The van der Waals surface area contributed by atoms with Crippen LogP contribution < -0.4 is 9.62 Å². The van der Waals surface area contributed by atoms with E-state index in [9.17, 15) is 18.0 Å². The van der Waals surface area contributed by atoms with Gasteiger partial charge in [0.05, 0.1) is 34.9 Å². The van der Waals surface area contributed by atoms with E-state index < -0.39 is 27.9 Å². The van der Waals surface area contributed by atoms with E-state index in [0.717, 1.165) is 33.7 Å². The van der Waals surface area contributed by atoms with Gasteiger partial charge < -0.3 is 4.74 Å². The topological polar surface area (TPSA) is 119 Å². The maximum Gasteiger partial charge on any atom is 0.316 e. The standard InChI is InChI=1S/C16H18Cl2N4O5S3/c1-4-12(22(30(3,25)26)9-5-6-10(17)11(18)7-9)14(24)19-15-20-21-16(29-15)28-8-13(23)27-2/h5-7,12H,4,8H2,1-3H3,(H,19,20,24). The molecular weight excluding hydrogens is 495 g/mol. The van der Waals surface area contributed by atoms with Crippen LogP contribution in [0.25, 0.3) is 0 Å². The van der Waals surface area contributed by atoms with Crippen molar-refractivity contribution in [2.24, 2.45) is 0 Å². The molecule has 9 nitrogen and oxygen atoms in total. The summed E-state index contributed by atoms with van der Waals surface area (Å²) >= 11 is 14.1. The van der Waals surface area contributed by atoms with Gasteiger partial charge in [-0.25, -0.2) is 8.42 Å². The molecule has 14 heteroatoms. The Labute approximate surface area is 192 Å². The fraction of sp³-hybridized carbons (Fsp3) is 0.375. The number of hydrogen-bond donors (Lipinski definition) is 1. The van der Waals surface area contributed by atoms with Gasteiger partial charge in [0.2, 0.25) is 21.1 Å². The molecule has 0 aliphatic rings. The lowest BCUT2D eigenvalue weighted by molar-refractivity contribution is -0.137. The highest BCUT2D eigenvalue weighted by Gasteiger charge is 2.32. The van der Waals surface area contributed by atoms with E-state index in [0.29, 0.717) is 4.34 Å². The second kappa shape index (κ2) is 10.6. The predicted octanol–water partition coefficient (Wildman–Crippen LogP) is 3.29. The fourth-order valence-corrected chi connectivity index (χ4v) is 5.45. The van der Waals surface area contributed by atoms with Crippen molar-refractivity contribution in [3.05, 3.63) is 28.2 Å². The SMILES string of the molecule is CCC(C(=O)Nc1nnc(SCC(=O)OC)s1)N(c1ccc(Cl)c(Cl)c1)S(C)(=O)=O. The third-order valence-corrected chi connectivity index (χ3v) is 7.53. The van der Waals surface area contributed by atoms with Gasteiger partial charge >= 0.3 is 5.97 Å². The zero-order chi connectivity index (χ0) is 22.5. The number of thioether (sulfide) groups is 1. The molecule has 0 radical (unpaired) electrons. The first kappa shape index (κ1) is 24.7. The number of esters is 1. The number of anilines is 2. The number of benzene rings is 1. The number of halogens is 2. The van der Waals surface area contributed by atoms with Crippen LogP contribution in [0.4, 0.5) is 10.8 Å². The number of sulfonamides is 1. The third kappa shape index (κ3) is 6.45. The maximum absolute atomic E-state index is 12.9. The summed E-state index contributed by atoms with van der Waals surface area (Å²) in [6, 6.07) is 3.25. The highest BCUT2D eigenvalue weighted by atomic mass is 35.5. The Kier molecular flexibility index (Phi) is 8.73. The summed E-state index contributed by atoms with van der Waals surface area (Å²) < 4.78 is 30.9. The number of carbonyl (C=O) groups is 2. The zero-order valence-electron chi connectivity index (χ0n) is 16.1. The maximum atomic E-state index is 12.9. The molecular formula is C16H18Cl2N4O5S3. The molecule has 0 fully saturated rings. The smallest absolute Gasteiger partial charge is 0.316 e. The first-order chi connectivity index (χ1) is 14.1. The van der Waals surface area contributed by atoms with E-state index in [1.807, 2.05) is 0 Å². The minimum Gasteiger partial charge on any atom is -0.468 e. The molecule has 0 bridgehead atoms. The van der Waals surface area contributed by atoms with E-state index >= 15 is 0 Å². The number of aromatic nitrogens is 2. The Morgan fingerprint density at radius 2 is 2.00 bits per heavy atom. The van der Waals surface area contributed by atoms with E-state index in [2.05, 4.69) is 20.3 Å². The minimum absolute atomic E-state index is 0.0514. The first-order valence-corrected chi connectivity index (χ1v) is 12.8. The van der Waals surface area contributed by atoms with Crippen molar-refractivity contribution in [3.63, 3.8) is 0 Å². The Morgan fingerprint density at radius 3 is 2.57 bits per heavy atom. The highest BCUT2D eigenvalue weighted by Crippen LogP contribution is 2.31.